The SMILES string of the molecule is O=C(CNC(=O)NCc1cccc2cccnc12)NC1CCCCC1. The van der Waals surface area contributed by atoms with Gasteiger partial charge in [-0.3, -0.25) is 9.78 Å². The van der Waals surface area contributed by atoms with Crippen LogP contribution in [0.15, 0.2) is 36.5 Å². The van der Waals surface area contributed by atoms with Crippen molar-refractivity contribution >= 4 is 22.8 Å². The number of hydrogen-bond acceptors (Lipinski definition) is 3. The highest BCUT2D eigenvalue weighted by Gasteiger charge is 2.15. The first kappa shape index (κ1) is 17.2. The molecule has 1 aliphatic rings. The van der Waals surface area contributed by atoms with E-state index < -0.39 is 0 Å². The van der Waals surface area contributed by atoms with Gasteiger partial charge in [0.1, 0.15) is 0 Å². The van der Waals surface area contributed by atoms with E-state index in [0.29, 0.717) is 6.54 Å². The van der Waals surface area contributed by atoms with Crippen LogP contribution in [0.25, 0.3) is 10.9 Å². The Morgan fingerprint density at radius 2 is 1.84 bits per heavy atom. The van der Waals surface area contributed by atoms with Crippen molar-refractivity contribution in [2.45, 2.75) is 44.7 Å². The minimum atomic E-state index is -0.355. The molecule has 1 fully saturated rings. The van der Waals surface area contributed by atoms with Crippen LogP contribution in [0, 0.1) is 0 Å². The van der Waals surface area contributed by atoms with Crippen LogP contribution in [0.1, 0.15) is 37.7 Å². The molecular formula is C19H24N4O2. The molecule has 1 heterocycles. The molecule has 6 heteroatoms. The van der Waals surface area contributed by atoms with Gasteiger partial charge in [-0.2, -0.15) is 0 Å². The Balaban J connectivity index is 1.44. The van der Waals surface area contributed by atoms with Gasteiger partial charge in [0.25, 0.3) is 0 Å². The van der Waals surface area contributed by atoms with Crippen molar-refractivity contribution in [1.29, 1.82) is 0 Å². The average Bonchev–Trinajstić information content (AvgIpc) is 2.65. The molecule has 0 unspecified atom stereocenters. The minimum absolute atomic E-state index is 0.00385. The maximum absolute atomic E-state index is 11.9. The summed E-state index contributed by atoms with van der Waals surface area (Å²) in [5.41, 5.74) is 1.82. The quantitative estimate of drug-likeness (QED) is 0.782. The Labute approximate surface area is 147 Å². The third-order valence-electron chi connectivity index (χ3n) is 4.54. The fourth-order valence-electron chi connectivity index (χ4n) is 3.23. The number of nitrogens with zero attached hydrogens (tertiary/aromatic N) is 1. The van der Waals surface area contributed by atoms with E-state index in [1.807, 2.05) is 30.3 Å². The number of fused-ring (bicyclic) bond motifs is 1. The lowest BCUT2D eigenvalue weighted by molar-refractivity contribution is -0.121. The summed E-state index contributed by atoms with van der Waals surface area (Å²) in [7, 11) is 0. The van der Waals surface area contributed by atoms with Crippen LogP contribution < -0.4 is 16.0 Å². The van der Waals surface area contributed by atoms with E-state index in [4.69, 9.17) is 0 Å². The summed E-state index contributed by atoms with van der Waals surface area (Å²) in [5.74, 6) is -0.131. The van der Waals surface area contributed by atoms with Gasteiger partial charge in [-0.05, 0) is 24.5 Å². The van der Waals surface area contributed by atoms with Crippen molar-refractivity contribution in [2.24, 2.45) is 0 Å². The molecule has 25 heavy (non-hydrogen) atoms. The first-order valence-corrected chi connectivity index (χ1v) is 8.86. The minimum Gasteiger partial charge on any atom is -0.352 e. The number of amides is 3. The summed E-state index contributed by atoms with van der Waals surface area (Å²) in [6.45, 7) is 0.362. The summed E-state index contributed by atoms with van der Waals surface area (Å²) >= 11 is 0. The Bertz CT molecular complexity index is 736. The zero-order chi connectivity index (χ0) is 17.5. The average molecular weight is 340 g/mol. The van der Waals surface area contributed by atoms with Gasteiger partial charge in [0.15, 0.2) is 0 Å². The smallest absolute Gasteiger partial charge is 0.315 e. The maximum Gasteiger partial charge on any atom is 0.315 e. The topological polar surface area (TPSA) is 83.1 Å². The zero-order valence-electron chi connectivity index (χ0n) is 14.3. The van der Waals surface area contributed by atoms with Crippen LogP contribution in [0.3, 0.4) is 0 Å². The Kier molecular flexibility index (Phi) is 5.82. The second-order valence-corrected chi connectivity index (χ2v) is 6.43. The molecule has 3 rings (SSSR count). The number of benzene rings is 1. The van der Waals surface area contributed by atoms with Gasteiger partial charge < -0.3 is 16.0 Å². The van der Waals surface area contributed by atoms with Crippen LogP contribution in [0.5, 0.6) is 0 Å². The number of carbonyl (C=O) groups is 2. The lowest BCUT2D eigenvalue weighted by Crippen LogP contribution is -2.45. The van der Waals surface area contributed by atoms with Gasteiger partial charge >= 0.3 is 6.03 Å². The molecule has 0 radical (unpaired) electrons. The predicted octanol–water partition coefficient (Wildman–Crippen LogP) is 2.48. The van der Waals surface area contributed by atoms with Crippen LogP contribution in [0.2, 0.25) is 0 Å². The van der Waals surface area contributed by atoms with E-state index in [1.165, 1.54) is 6.42 Å². The zero-order valence-corrected chi connectivity index (χ0v) is 14.3. The highest BCUT2D eigenvalue weighted by atomic mass is 16.2. The molecule has 0 atom stereocenters. The molecule has 3 amide bonds. The van der Waals surface area contributed by atoms with Crippen LogP contribution in [0.4, 0.5) is 4.79 Å². The molecule has 6 nitrogen and oxygen atoms in total. The fourth-order valence-corrected chi connectivity index (χ4v) is 3.23. The molecule has 0 spiro atoms. The third kappa shape index (κ3) is 4.92. The molecule has 0 saturated heterocycles. The fraction of sp³-hybridized carbons (Fsp3) is 0.421. The number of urea groups is 1. The standard InChI is InChI=1S/C19H24N4O2/c24-17(23-16-9-2-1-3-10-16)13-22-19(25)21-12-15-7-4-6-14-8-5-11-20-18(14)15/h4-8,11,16H,1-3,9-10,12-13H2,(H,23,24)(H2,21,22,25). The lowest BCUT2D eigenvalue weighted by Gasteiger charge is -2.22. The van der Waals surface area contributed by atoms with E-state index in [-0.39, 0.29) is 24.5 Å². The lowest BCUT2D eigenvalue weighted by atomic mass is 9.95. The van der Waals surface area contributed by atoms with E-state index in [1.54, 1.807) is 6.20 Å². The van der Waals surface area contributed by atoms with Crippen molar-refractivity contribution in [1.82, 2.24) is 20.9 Å². The number of pyridine rings is 1. The largest absolute Gasteiger partial charge is 0.352 e. The van der Waals surface area contributed by atoms with Gasteiger partial charge in [0, 0.05) is 24.2 Å². The molecule has 1 aromatic carbocycles. The number of nitrogens with one attached hydrogen (secondary N) is 3. The van der Waals surface area contributed by atoms with Crippen molar-refractivity contribution in [3.63, 3.8) is 0 Å². The number of rotatable bonds is 5. The number of hydrogen-bond donors (Lipinski definition) is 3. The Morgan fingerprint density at radius 1 is 1.04 bits per heavy atom. The van der Waals surface area contributed by atoms with Gasteiger partial charge in [-0.1, -0.05) is 43.5 Å². The first-order chi connectivity index (χ1) is 12.2. The highest BCUT2D eigenvalue weighted by molar-refractivity contribution is 5.85. The summed E-state index contributed by atoms with van der Waals surface area (Å²) in [4.78, 5) is 28.2. The van der Waals surface area contributed by atoms with Crippen LogP contribution in [-0.4, -0.2) is 29.5 Å². The number of aromatic nitrogens is 1. The second-order valence-electron chi connectivity index (χ2n) is 6.43. The normalized spacial score (nSPS) is 14.9. The molecule has 0 aliphatic heterocycles. The van der Waals surface area contributed by atoms with Crippen molar-refractivity contribution in [3.05, 3.63) is 42.1 Å². The van der Waals surface area contributed by atoms with Gasteiger partial charge in [0.2, 0.25) is 5.91 Å². The van der Waals surface area contributed by atoms with E-state index in [9.17, 15) is 9.59 Å². The predicted molar refractivity (Wildman–Crippen MR) is 97.0 cm³/mol. The van der Waals surface area contributed by atoms with E-state index in [0.717, 1.165) is 42.1 Å². The van der Waals surface area contributed by atoms with Crippen LogP contribution >= 0.6 is 0 Å². The molecule has 3 N–H and O–H groups in total. The van der Waals surface area contributed by atoms with Crippen molar-refractivity contribution in [3.8, 4) is 0 Å². The number of carbonyl (C=O) groups excluding carboxylic acids is 2. The summed E-state index contributed by atoms with van der Waals surface area (Å²) in [6.07, 6.45) is 7.38. The number of para-hydroxylation sites is 1. The maximum atomic E-state index is 11.9. The summed E-state index contributed by atoms with van der Waals surface area (Å²) in [5, 5.41) is 9.40. The second kappa shape index (κ2) is 8.46. The molecule has 1 saturated carbocycles. The third-order valence-corrected chi connectivity index (χ3v) is 4.54. The van der Waals surface area contributed by atoms with E-state index in [2.05, 4.69) is 20.9 Å². The van der Waals surface area contributed by atoms with Gasteiger partial charge in [0.05, 0.1) is 12.1 Å². The monoisotopic (exact) mass is 340 g/mol. The summed E-state index contributed by atoms with van der Waals surface area (Å²) in [6, 6.07) is 9.64. The highest BCUT2D eigenvalue weighted by Crippen LogP contribution is 2.17. The molecular weight excluding hydrogens is 316 g/mol. The van der Waals surface area contributed by atoms with Crippen molar-refractivity contribution in [2.75, 3.05) is 6.54 Å². The Hall–Kier alpha value is -2.63. The molecule has 2 aromatic rings. The molecule has 0 bridgehead atoms. The summed E-state index contributed by atoms with van der Waals surface area (Å²) < 4.78 is 0. The molecule has 132 valence electrons. The van der Waals surface area contributed by atoms with Crippen LogP contribution in [-0.2, 0) is 11.3 Å². The van der Waals surface area contributed by atoms with E-state index >= 15 is 0 Å². The van der Waals surface area contributed by atoms with Crippen molar-refractivity contribution < 1.29 is 9.59 Å². The van der Waals surface area contributed by atoms with Gasteiger partial charge in [-0.25, -0.2) is 4.79 Å². The molecule has 1 aromatic heterocycles. The molecule has 1 aliphatic carbocycles. The first-order valence-electron chi connectivity index (χ1n) is 8.86. The van der Waals surface area contributed by atoms with Gasteiger partial charge in [-0.15, -0.1) is 0 Å². The Morgan fingerprint density at radius 3 is 2.68 bits per heavy atom.